The zero-order valence-electron chi connectivity index (χ0n) is 13.1. The molecule has 0 aliphatic carbocycles. The number of anilines is 1. The average molecular weight is 309 g/mol. The fourth-order valence-electron chi connectivity index (χ4n) is 2.72. The van der Waals surface area contributed by atoms with E-state index in [0.29, 0.717) is 24.1 Å². The van der Waals surface area contributed by atoms with E-state index in [9.17, 15) is 0 Å². The first-order valence-corrected chi connectivity index (χ1v) is 7.79. The molecule has 0 unspecified atom stereocenters. The van der Waals surface area contributed by atoms with Crippen molar-refractivity contribution in [3.05, 3.63) is 42.0 Å². The Morgan fingerprint density at radius 3 is 2.78 bits per heavy atom. The van der Waals surface area contributed by atoms with Gasteiger partial charge in [0, 0.05) is 25.5 Å². The molecule has 2 aromatic heterocycles. The summed E-state index contributed by atoms with van der Waals surface area (Å²) in [4.78, 5) is 15.0. The number of pyridine rings is 1. The summed E-state index contributed by atoms with van der Waals surface area (Å²) in [6.07, 6.45) is 5.40. The van der Waals surface area contributed by atoms with Crippen molar-refractivity contribution < 1.29 is 4.74 Å². The fraction of sp³-hybridized carbons (Fsp3) is 0.412. The molecule has 0 saturated carbocycles. The minimum Gasteiger partial charge on any atom is -0.476 e. The SMILES string of the molecule is Cc1nccnc1OCC1CCN(c2cccc(C#N)n2)CC1. The second kappa shape index (κ2) is 7.05. The van der Waals surface area contributed by atoms with Gasteiger partial charge in [-0.15, -0.1) is 0 Å². The number of hydrogen-bond acceptors (Lipinski definition) is 6. The summed E-state index contributed by atoms with van der Waals surface area (Å²) in [6, 6.07) is 7.66. The lowest BCUT2D eigenvalue weighted by Crippen LogP contribution is -2.36. The van der Waals surface area contributed by atoms with Crippen LogP contribution in [0.2, 0.25) is 0 Å². The zero-order chi connectivity index (χ0) is 16.1. The molecule has 0 amide bonds. The second-order valence-corrected chi connectivity index (χ2v) is 5.68. The Morgan fingerprint density at radius 2 is 2.04 bits per heavy atom. The summed E-state index contributed by atoms with van der Waals surface area (Å²) in [5, 5.41) is 8.94. The molecule has 3 heterocycles. The van der Waals surface area contributed by atoms with Gasteiger partial charge in [-0.2, -0.15) is 5.26 Å². The van der Waals surface area contributed by atoms with Crippen LogP contribution in [0.25, 0.3) is 0 Å². The highest BCUT2D eigenvalue weighted by atomic mass is 16.5. The number of piperidine rings is 1. The fourth-order valence-corrected chi connectivity index (χ4v) is 2.72. The van der Waals surface area contributed by atoms with Crippen molar-refractivity contribution in [1.29, 1.82) is 5.26 Å². The van der Waals surface area contributed by atoms with Gasteiger partial charge in [0.05, 0.1) is 12.3 Å². The van der Waals surface area contributed by atoms with E-state index in [1.807, 2.05) is 19.1 Å². The van der Waals surface area contributed by atoms with E-state index < -0.39 is 0 Å². The summed E-state index contributed by atoms with van der Waals surface area (Å²) >= 11 is 0. The van der Waals surface area contributed by atoms with Gasteiger partial charge in [-0.3, -0.25) is 4.98 Å². The molecular formula is C17H19N5O. The molecule has 0 spiro atoms. The monoisotopic (exact) mass is 309 g/mol. The van der Waals surface area contributed by atoms with E-state index in [4.69, 9.17) is 10.00 Å². The molecular weight excluding hydrogens is 290 g/mol. The zero-order valence-corrected chi connectivity index (χ0v) is 13.1. The Balaban J connectivity index is 1.52. The Hall–Kier alpha value is -2.68. The standard InChI is InChI=1S/C17H19N5O/c1-13-17(20-8-7-19-13)23-12-14-5-9-22(10-6-14)16-4-2-3-15(11-18)21-16/h2-4,7-8,14H,5-6,9-10,12H2,1H3. The van der Waals surface area contributed by atoms with Crippen LogP contribution in [-0.2, 0) is 0 Å². The highest BCUT2D eigenvalue weighted by molar-refractivity contribution is 5.41. The van der Waals surface area contributed by atoms with Gasteiger partial charge in [-0.1, -0.05) is 6.07 Å². The predicted octanol–water partition coefficient (Wildman–Crippen LogP) is 2.35. The number of aryl methyl sites for hydroxylation is 1. The predicted molar refractivity (Wildman–Crippen MR) is 86.2 cm³/mol. The van der Waals surface area contributed by atoms with Crippen LogP contribution in [0, 0.1) is 24.2 Å². The average Bonchev–Trinajstić information content (AvgIpc) is 2.61. The number of rotatable bonds is 4. The Kier molecular flexibility index (Phi) is 4.67. The number of nitrogens with zero attached hydrogens (tertiary/aromatic N) is 5. The summed E-state index contributed by atoms with van der Waals surface area (Å²) in [6.45, 7) is 4.42. The van der Waals surface area contributed by atoms with Gasteiger partial charge in [-0.05, 0) is 37.8 Å². The summed E-state index contributed by atoms with van der Waals surface area (Å²) < 4.78 is 5.80. The Labute approximate surface area is 135 Å². The third kappa shape index (κ3) is 3.75. The summed E-state index contributed by atoms with van der Waals surface area (Å²) in [5.41, 5.74) is 1.29. The van der Waals surface area contributed by atoms with E-state index in [1.165, 1.54) is 0 Å². The van der Waals surface area contributed by atoms with E-state index in [-0.39, 0.29) is 0 Å². The van der Waals surface area contributed by atoms with Crippen molar-refractivity contribution in [2.45, 2.75) is 19.8 Å². The van der Waals surface area contributed by atoms with E-state index in [0.717, 1.165) is 37.4 Å². The van der Waals surface area contributed by atoms with Crippen LogP contribution in [0.15, 0.2) is 30.6 Å². The third-order valence-electron chi connectivity index (χ3n) is 4.08. The van der Waals surface area contributed by atoms with Crippen molar-refractivity contribution in [2.24, 2.45) is 5.92 Å². The van der Waals surface area contributed by atoms with Crippen molar-refractivity contribution in [3.63, 3.8) is 0 Å². The van der Waals surface area contributed by atoms with Gasteiger partial charge in [-0.25, -0.2) is 9.97 Å². The first kappa shape index (κ1) is 15.2. The second-order valence-electron chi connectivity index (χ2n) is 5.68. The lowest BCUT2D eigenvalue weighted by atomic mass is 9.98. The van der Waals surface area contributed by atoms with Gasteiger partial charge in [0.2, 0.25) is 5.88 Å². The van der Waals surface area contributed by atoms with Crippen molar-refractivity contribution >= 4 is 5.82 Å². The first-order chi connectivity index (χ1) is 11.3. The van der Waals surface area contributed by atoms with Gasteiger partial charge in [0.15, 0.2) is 0 Å². The molecule has 1 aliphatic rings. The molecule has 6 heteroatoms. The lowest BCUT2D eigenvalue weighted by molar-refractivity contribution is 0.214. The number of nitriles is 1. The maximum Gasteiger partial charge on any atom is 0.235 e. The van der Waals surface area contributed by atoms with Gasteiger partial charge in [0.25, 0.3) is 0 Å². The molecule has 2 aromatic rings. The van der Waals surface area contributed by atoms with Crippen molar-refractivity contribution in [1.82, 2.24) is 15.0 Å². The number of hydrogen-bond donors (Lipinski definition) is 0. The number of aromatic nitrogens is 3. The summed E-state index contributed by atoms with van der Waals surface area (Å²) in [7, 11) is 0. The van der Waals surface area contributed by atoms with Crippen LogP contribution >= 0.6 is 0 Å². The Bertz CT molecular complexity index is 704. The number of ether oxygens (including phenoxy) is 1. The van der Waals surface area contributed by atoms with Crippen molar-refractivity contribution in [2.75, 3.05) is 24.6 Å². The maximum atomic E-state index is 8.94. The molecule has 0 radical (unpaired) electrons. The molecule has 6 nitrogen and oxygen atoms in total. The molecule has 0 bridgehead atoms. The maximum absolute atomic E-state index is 8.94. The normalized spacial score (nSPS) is 15.2. The van der Waals surface area contributed by atoms with Crippen molar-refractivity contribution in [3.8, 4) is 11.9 Å². The first-order valence-electron chi connectivity index (χ1n) is 7.79. The highest BCUT2D eigenvalue weighted by Crippen LogP contribution is 2.23. The smallest absolute Gasteiger partial charge is 0.235 e. The topological polar surface area (TPSA) is 74.9 Å². The summed E-state index contributed by atoms with van der Waals surface area (Å²) in [5.74, 6) is 2.01. The molecule has 3 rings (SSSR count). The van der Waals surface area contributed by atoms with Crippen LogP contribution in [-0.4, -0.2) is 34.6 Å². The van der Waals surface area contributed by atoms with Crippen LogP contribution in [0.1, 0.15) is 24.2 Å². The van der Waals surface area contributed by atoms with E-state index in [2.05, 4.69) is 25.9 Å². The van der Waals surface area contributed by atoms with Gasteiger partial charge < -0.3 is 9.64 Å². The molecule has 0 N–H and O–H groups in total. The van der Waals surface area contributed by atoms with E-state index >= 15 is 0 Å². The molecule has 0 atom stereocenters. The molecule has 118 valence electrons. The highest BCUT2D eigenvalue weighted by Gasteiger charge is 2.21. The third-order valence-corrected chi connectivity index (χ3v) is 4.08. The van der Waals surface area contributed by atoms with Crippen LogP contribution in [0.5, 0.6) is 5.88 Å². The van der Waals surface area contributed by atoms with Crippen LogP contribution in [0.4, 0.5) is 5.82 Å². The molecule has 23 heavy (non-hydrogen) atoms. The minimum atomic E-state index is 0.464. The lowest BCUT2D eigenvalue weighted by Gasteiger charge is -2.32. The largest absolute Gasteiger partial charge is 0.476 e. The quantitative estimate of drug-likeness (QED) is 0.863. The minimum absolute atomic E-state index is 0.464. The molecule has 1 aliphatic heterocycles. The van der Waals surface area contributed by atoms with Crippen LogP contribution in [0.3, 0.4) is 0 Å². The molecule has 0 aromatic carbocycles. The molecule has 1 saturated heterocycles. The van der Waals surface area contributed by atoms with Gasteiger partial charge in [0.1, 0.15) is 17.6 Å². The Morgan fingerprint density at radius 1 is 1.26 bits per heavy atom. The van der Waals surface area contributed by atoms with E-state index in [1.54, 1.807) is 18.5 Å². The van der Waals surface area contributed by atoms with Crippen LogP contribution < -0.4 is 9.64 Å². The van der Waals surface area contributed by atoms with Gasteiger partial charge >= 0.3 is 0 Å². The molecule has 1 fully saturated rings.